The van der Waals surface area contributed by atoms with Gasteiger partial charge in [0.05, 0.1) is 0 Å². The summed E-state index contributed by atoms with van der Waals surface area (Å²) in [6.07, 6.45) is 5.65. The van der Waals surface area contributed by atoms with Crippen molar-refractivity contribution in [3.8, 4) is 0 Å². The molecule has 76 valence electrons. The van der Waals surface area contributed by atoms with E-state index in [0.29, 0.717) is 10.8 Å². The standard InChI is InChI=1S/C12H21Cl/c1-9-6-11(2,3)4-5-12(9)7-10(12)8-13/h9-10H,4-8H2,1-3H3. The van der Waals surface area contributed by atoms with Gasteiger partial charge in [0.25, 0.3) is 0 Å². The lowest BCUT2D eigenvalue weighted by atomic mass is 9.65. The van der Waals surface area contributed by atoms with Crippen LogP contribution in [0.2, 0.25) is 0 Å². The molecule has 2 fully saturated rings. The SMILES string of the molecule is CC1CC(C)(C)CCC12CC2CCl. The molecule has 1 heteroatoms. The van der Waals surface area contributed by atoms with Crippen LogP contribution in [0.15, 0.2) is 0 Å². The van der Waals surface area contributed by atoms with Gasteiger partial charge >= 0.3 is 0 Å². The molecule has 0 bridgehead atoms. The largest absolute Gasteiger partial charge is 0.126 e. The van der Waals surface area contributed by atoms with Crippen molar-refractivity contribution >= 4 is 11.6 Å². The van der Waals surface area contributed by atoms with Crippen LogP contribution in [-0.2, 0) is 0 Å². The molecule has 0 N–H and O–H groups in total. The Kier molecular flexibility index (Phi) is 2.18. The first-order valence-corrected chi connectivity index (χ1v) is 6.10. The molecule has 0 aromatic rings. The molecule has 1 spiro atoms. The summed E-state index contributed by atoms with van der Waals surface area (Å²) in [5.41, 5.74) is 1.27. The van der Waals surface area contributed by atoms with Crippen LogP contribution in [0.5, 0.6) is 0 Å². The van der Waals surface area contributed by atoms with E-state index in [1.165, 1.54) is 25.7 Å². The molecule has 0 aliphatic heterocycles. The first kappa shape index (κ1) is 9.83. The molecule has 0 aromatic heterocycles. The molecule has 0 radical (unpaired) electrons. The topological polar surface area (TPSA) is 0 Å². The Labute approximate surface area is 87.0 Å². The number of alkyl halides is 1. The number of rotatable bonds is 1. The molecule has 3 unspecified atom stereocenters. The zero-order valence-corrected chi connectivity index (χ0v) is 9.82. The van der Waals surface area contributed by atoms with Crippen LogP contribution < -0.4 is 0 Å². The molecule has 3 atom stereocenters. The van der Waals surface area contributed by atoms with E-state index in [-0.39, 0.29) is 0 Å². The maximum atomic E-state index is 5.96. The van der Waals surface area contributed by atoms with Gasteiger partial charge in [-0.2, -0.15) is 0 Å². The van der Waals surface area contributed by atoms with Gasteiger partial charge in [0, 0.05) is 5.88 Å². The minimum Gasteiger partial charge on any atom is -0.126 e. The maximum absolute atomic E-state index is 5.96. The highest BCUT2D eigenvalue weighted by molar-refractivity contribution is 6.18. The molecular weight excluding hydrogens is 180 g/mol. The quantitative estimate of drug-likeness (QED) is 0.560. The van der Waals surface area contributed by atoms with Gasteiger partial charge in [0.2, 0.25) is 0 Å². The molecule has 13 heavy (non-hydrogen) atoms. The van der Waals surface area contributed by atoms with E-state index >= 15 is 0 Å². The van der Waals surface area contributed by atoms with Crippen molar-refractivity contribution < 1.29 is 0 Å². The van der Waals surface area contributed by atoms with Crippen LogP contribution >= 0.6 is 11.6 Å². The monoisotopic (exact) mass is 200 g/mol. The van der Waals surface area contributed by atoms with E-state index in [4.69, 9.17) is 11.6 Å². The van der Waals surface area contributed by atoms with Crippen molar-refractivity contribution in [1.29, 1.82) is 0 Å². The number of hydrogen-bond acceptors (Lipinski definition) is 0. The molecule has 0 saturated heterocycles. The molecule has 0 nitrogen and oxygen atoms in total. The lowest BCUT2D eigenvalue weighted by molar-refractivity contribution is 0.104. The fourth-order valence-electron chi connectivity index (χ4n) is 3.47. The predicted octanol–water partition coefficient (Wildman–Crippen LogP) is 4.08. The van der Waals surface area contributed by atoms with Gasteiger partial charge in [0.15, 0.2) is 0 Å². The Balaban J connectivity index is 2.04. The highest BCUT2D eigenvalue weighted by Gasteiger charge is 2.58. The van der Waals surface area contributed by atoms with E-state index in [2.05, 4.69) is 20.8 Å². The van der Waals surface area contributed by atoms with Crippen LogP contribution in [-0.4, -0.2) is 5.88 Å². The van der Waals surface area contributed by atoms with Gasteiger partial charge in [-0.1, -0.05) is 20.8 Å². The summed E-state index contributed by atoms with van der Waals surface area (Å²) in [5.74, 6) is 2.64. The third-order valence-corrected chi connectivity index (χ3v) is 4.95. The summed E-state index contributed by atoms with van der Waals surface area (Å²) in [6.45, 7) is 7.26. The molecule has 2 aliphatic rings. The van der Waals surface area contributed by atoms with Crippen molar-refractivity contribution in [1.82, 2.24) is 0 Å². The van der Waals surface area contributed by atoms with E-state index in [0.717, 1.165) is 17.7 Å². The Morgan fingerprint density at radius 2 is 1.92 bits per heavy atom. The number of hydrogen-bond donors (Lipinski definition) is 0. The summed E-state index contributed by atoms with van der Waals surface area (Å²) in [4.78, 5) is 0. The van der Waals surface area contributed by atoms with Crippen molar-refractivity contribution in [2.45, 2.75) is 46.5 Å². The van der Waals surface area contributed by atoms with Gasteiger partial charge in [-0.05, 0) is 48.3 Å². The zero-order chi connectivity index (χ0) is 9.69. The average molecular weight is 201 g/mol. The predicted molar refractivity (Wildman–Crippen MR) is 58.1 cm³/mol. The first-order valence-electron chi connectivity index (χ1n) is 5.56. The van der Waals surface area contributed by atoms with E-state index in [9.17, 15) is 0 Å². The van der Waals surface area contributed by atoms with Gasteiger partial charge in [0.1, 0.15) is 0 Å². The third kappa shape index (κ3) is 1.52. The van der Waals surface area contributed by atoms with Crippen LogP contribution in [0.4, 0.5) is 0 Å². The van der Waals surface area contributed by atoms with E-state index < -0.39 is 0 Å². The van der Waals surface area contributed by atoms with E-state index in [1.54, 1.807) is 0 Å². The normalized spacial score (nSPS) is 48.0. The summed E-state index contributed by atoms with van der Waals surface area (Å²) >= 11 is 5.96. The van der Waals surface area contributed by atoms with Gasteiger partial charge in [-0.15, -0.1) is 11.6 Å². The molecule has 0 heterocycles. The molecule has 2 aliphatic carbocycles. The summed E-state index contributed by atoms with van der Waals surface area (Å²) in [7, 11) is 0. The Bertz CT molecular complexity index is 209. The highest BCUT2D eigenvalue weighted by Crippen LogP contribution is 2.66. The molecular formula is C12H21Cl. The summed E-state index contributed by atoms with van der Waals surface area (Å²) in [5, 5.41) is 0. The smallest absolute Gasteiger partial charge is 0.0257 e. The molecule has 0 aromatic carbocycles. The minimum atomic E-state index is 0.587. The van der Waals surface area contributed by atoms with Crippen molar-refractivity contribution in [3.05, 3.63) is 0 Å². The van der Waals surface area contributed by atoms with Crippen LogP contribution in [0.25, 0.3) is 0 Å². The second-order valence-corrected chi connectivity index (χ2v) is 6.37. The Hall–Kier alpha value is 0.290. The molecule has 2 saturated carbocycles. The van der Waals surface area contributed by atoms with Gasteiger partial charge in [-0.3, -0.25) is 0 Å². The lowest BCUT2D eigenvalue weighted by Gasteiger charge is -2.40. The maximum Gasteiger partial charge on any atom is 0.0257 e. The fourth-order valence-corrected chi connectivity index (χ4v) is 3.89. The van der Waals surface area contributed by atoms with Gasteiger partial charge < -0.3 is 0 Å². The van der Waals surface area contributed by atoms with Gasteiger partial charge in [-0.25, -0.2) is 0 Å². The first-order chi connectivity index (χ1) is 6.00. The average Bonchev–Trinajstić information content (AvgIpc) is 2.73. The Morgan fingerprint density at radius 1 is 1.23 bits per heavy atom. The summed E-state index contributed by atoms with van der Waals surface area (Å²) < 4.78 is 0. The van der Waals surface area contributed by atoms with Crippen LogP contribution in [0.3, 0.4) is 0 Å². The van der Waals surface area contributed by atoms with Crippen LogP contribution in [0, 0.1) is 22.7 Å². The third-order valence-electron chi connectivity index (χ3n) is 4.57. The zero-order valence-electron chi connectivity index (χ0n) is 9.07. The van der Waals surface area contributed by atoms with Crippen molar-refractivity contribution in [2.75, 3.05) is 5.88 Å². The fraction of sp³-hybridized carbons (Fsp3) is 1.00. The Morgan fingerprint density at radius 3 is 2.38 bits per heavy atom. The summed E-state index contributed by atoms with van der Waals surface area (Å²) in [6, 6.07) is 0. The minimum absolute atomic E-state index is 0.587. The van der Waals surface area contributed by atoms with E-state index in [1.807, 2.05) is 0 Å². The highest BCUT2D eigenvalue weighted by atomic mass is 35.5. The second kappa shape index (κ2) is 2.89. The van der Waals surface area contributed by atoms with Crippen molar-refractivity contribution in [2.24, 2.45) is 22.7 Å². The van der Waals surface area contributed by atoms with Crippen molar-refractivity contribution in [3.63, 3.8) is 0 Å². The second-order valence-electron chi connectivity index (χ2n) is 6.06. The number of halogens is 1. The van der Waals surface area contributed by atoms with Crippen LogP contribution in [0.1, 0.15) is 46.5 Å². The molecule has 0 amide bonds. The lowest BCUT2D eigenvalue weighted by Crippen LogP contribution is -2.30. The molecule has 2 rings (SSSR count).